The van der Waals surface area contributed by atoms with Gasteiger partial charge in [-0.2, -0.15) is 0 Å². The first-order valence-corrected chi connectivity index (χ1v) is 7.07. The Balaban J connectivity index is 2.24. The Morgan fingerprint density at radius 3 is 2.45 bits per heavy atom. The van der Waals surface area contributed by atoms with Crippen LogP contribution in [0, 0.1) is 0 Å². The number of ether oxygens (including phenoxy) is 1. The number of ketones is 1. The highest BCUT2D eigenvalue weighted by molar-refractivity contribution is 6.10. The lowest BCUT2D eigenvalue weighted by Gasteiger charge is -2.23. The van der Waals surface area contributed by atoms with Crippen LogP contribution in [0.15, 0.2) is 56.9 Å². The minimum absolute atomic E-state index is 0.116. The standard InChI is InChI=1S/C18H16O4/c1-10-16(20)15-13(19)9-14(12-7-5-4-6-8-12)22-18(15)11(2)17(10)21-3/h4-9,11H,1-3H3. The third-order valence-electron chi connectivity index (χ3n) is 3.98. The molecule has 1 unspecified atom stereocenters. The second-order valence-corrected chi connectivity index (χ2v) is 5.32. The van der Waals surface area contributed by atoms with Gasteiger partial charge in [-0.05, 0) is 13.8 Å². The fourth-order valence-electron chi connectivity index (χ4n) is 2.86. The van der Waals surface area contributed by atoms with Gasteiger partial charge in [0, 0.05) is 17.2 Å². The summed E-state index contributed by atoms with van der Waals surface area (Å²) in [7, 11) is 1.52. The van der Waals surface area contributed by atoms with E-state index in [1.54, 1.807) is 6.92 Å². The summed E-state index contributed by atoms with van der Waals surface area (Å²) in [6.45, 7) is 3.54. The number of hydrogen-bond acceptors (Lipinski definition) is 4. The molecule has 0 bridgehead atoms. The fraction of sp³-hybridized carbons (Fsp3) is 0.222. The van der Waals surface area contributed by atoms with Crippen molar-refractivity contribution in [3.05, 3.63) is 69.3 Å². The predicted molar refractivity (Wildman–Crippen MR) is 82.9 cm³/mol. The number of fused-ring (bicyclic) bond motifs is 1. The molecule has 2 aromatic rings. The zero-order valence-corrected chi connectivity index (χ0v) is 12.7. The van der Waals surface area contributed by atoms with E-state index in [-0.39, 0.29) is 22.7 Å². The maximum Gasteiger partial charge on any atom is 0.199 e. The number of allylic oxidation sites excluding steroid dienone is 2. The predicted octanol–water partition coefficient (Wildman–Crippen LogP) is 3.53. The molecule has 22 heavy (non-hydrogen) atoms. The molecule has 112 valence electrons. The molecule has 1 aliphatic carbocycles. The Labute approximate surface area is 128 Å². The van der Waals surface area contributed by atoms with Crippen molar-refractivity contribution in [3.8, 4) is 11.3 Å². The monoisotopic (exact) mass is 296 g/mol. The van der Waals surface area contributed by atoms with Crippen LogP contribution in [0.2, 0.25) is 0 Å². The third-order valence-corrected chi connectivity index (χ3v) is 3.98. The second-order valence-electron chi connectivity index (χ2n) is 5.32. The summed E-state index contributed by atoms with van der Waals surface area (Å²) in [6, 6.07) is 10.7. The van der Waals surface area contributed by atoms with E-state index in [2.05, 4.69) is 0 Å². The Morgan fingerprint density at radius 2 is 1.82 bits per heavy atom. The van der Waals surface area contributed by atoms with E-state index in [1.165, 1.54) is 13.2 Å². The van der Waals surface area contributed by atoms with E-state index in [4.69, 9.17) is 9.15 Å². The molecular weight excluding hydrogens is 280 g/mol. The van der Waals surface area contributed by atoms with Gasteiger partial charge in [0.1, 0.15) is 22.8 Å². The van der Waals surface area contributed by atoms with Crippen molar-refractivity contribution >= 4 is 5.78 Å². The van der Waals surface area contributed by atoms with E-state index in [1.807, 2.05) is 37.3 Å². The molecule has 0 fully saturated rings. The van der Waals surface area contributed by atoms with E-state index in [9.17, 15) is 9.59 Å². The molecule has 1 aliphatic rings. The molecule has 0 amide bonds. The van der Waals surface area contributed by atoms with Gasteiger partial charge >= 0.3 is 0 Å². The molecule has 1 atom stereocenters. The molecule has 0 aliphatic heterocycles. The van der Waals surface area contributed by atoms with E-state index in [0.29, 0.717) is 22.9 Å². The van der Waals surface area contributed by atoms with Gasteiger partial charge in [-0.1, -0.05) is 30.3 Å². The van der Waals surface area contributed by atoms with Crippen molar-refractivity contribution in [3.63, 3.8) is 0 Å². The van der Waals surface area contributed by atoms with Crippen LogP contribution >= 0.6 is 0 Å². The van der Waals surface area contributed by atoms with Crippen molar-refractivity contribution in [2.24, 2.45) is 0 Å². The molecule has 0 N–H and O–H groups in total. The molecule has 3 rings (SSSR count). The Hall–Kier alpha value is -2.62. The molecule has 4 heteroatoms. The van der Waals surface area contributed by atoms with Crippen molar-refractivity contribution < 1.29 is 13.9 Å². The Kier molecular flexibility index (Phi) is 3.45. The number of carbonyl (C=O) groups is 1. The molecule has 1 aromatic heterocycles. The van der Waals surface area contributed by atoms with Crippen LogP contribution in [0.3, 0.4) is 0 Å². The average molecular weight is 296 g/mol. The van der Waals surface area contributed by atoms with Gasteiger partial charge in [0.2, 0.25) is 0 Å². The van der Waals surface area contributed by atoms with Crippen LogP contribution in [0.5, 0.6) is 0 Å². The minimum atomic E-state index is -0.321. The van der Waals surface area contributed by atoms with Crippen molar-refractivity contribution in [2.45, 2.75) is 19.8 Å². The lowest BCUT2D eigenvalue weighted by Crippen LogP contribution is -2.26. The molecule has 1 heterocycles. The van der Waals surface area contributed by atoms with Gasteiger partial charge in [0.05, 0.1) is 13.0 Å². The van der Waals surface area contributed by atoms with Crippen LogP contribution in [-0.2, 0) is 4.74 Å². The van der Waals surface area contributed by atoms with Gasteiger partial charge < -0.3 is 9.15 Å². The summed E-state index contributed by atoms with van der Waals surface area (Å²) >= 11 is 0. The van der Waals surface area contributed by atoms with Crippen LogP contribution < -0.4 is 5.43 Å². The summed E-state index contributed by atoms with van der Waals surface area (Å²) in [5, 5.41) is 0. The maximum absolute atomic E-state index is 12.4. The number of carbonyl (C=O) groups excluding carboxylic acids is 1. The highest BCUT2D eigenvalue weighted by atomic mass is 16.5. The van der Waals surface area contributed by atoms with Gasteiger partial charge in [-0.15, -0.1) is 0 Å². The quantitative estimate of drug-likeness (QED) is 0.850. The SMILES string of the molecule is COC1=C(C)C(=O)c2c(oc(-c3ccccc3)cc2=O)C1C. The van der Waals surface area contributed by atoms with Gasteiger partial charge in [-0.3, -0.25) is 9.59 Å². The molecule has 0 spiro atoms. The first-order chi connectivity index (χ1) is 10.5. The van der Waals surface area contributed by atoms with Gasteiger partial charge in [-0.25, -0.2) is 0 Å². The average Bonchev–Trinajstić information content (AvgIpc) is 2.53. The summed E-state index contributed by atoms with van der Waals surface area (Å²) < 4.78 is 11.2. The Bertz CT molecular complexity index is 828. The molecule has 0 saturated carbocycles. The van der Waals surface area contributed by atoms with Gasteiger partial charge in [0.25, 0.3) is 0 Å². The first kappa shape index (κ1) is 14.3. The Morgan fingerprint density at radius 1 is 1.14 bits per heavy atom. The lowest BCUT2D eigenvalue weighted by molar-refractivity contribution is 0.101. The largest absolute Gasteiger partial charge is 0.500 e. The summed E-state index contributed by atoms with van der Waals surface area (Å²) in [6.07, 6.45) is 0. The van der Waals surface area contributed by atoms with Crippen molar-refractivity contribution in [1.29, 1.82) is 0 Å². The number of benzene rings is 1. The second kappa shape index (κ2) is 5.30. The summed E-state index contributed by atoms with van der Waals surface area (Å²) in [5.74, 6) is 0.788. The zero-order valence-electron chi connectivity index (χ0n) is 12.7. The molecule has 0 saturated heterocycles. The number of methoxy groups -OCH3 is 1. The smallest absolute Gasteiger partial charge is 0.199 e. The molecular formula is C18H16O4. The maximum atomic E-state index is 12.4. The van der Waals surface area contributed by atoms with Crippen LogP contribution in [0.25, 0.3) is 11.3 Å². The molecule has 0 radical (unpaired) electrons. The van der Waals surface area contributed by atoms with E-state index >= 15 is 0 Å². The molecule has 1 aromatic carbocycles. The number of Topliss-reactive ketones (excluding diaryl/α,β-unsaturated/α-hetero) is 1. The van der Waals surface area contributed by atoms with E-state index < -0.39 is 0 Å². The normalized spacial score (nSPS) is 17.4. The summed E-state index contributed by atoms with van der Waals surface area (Å²) in [4.78, 5) is 24.8. The lowest BCUT2D eigenvalue weighted by atomic mass is 9.87. The fourth-order valence-corrected chi connectivity index (χ4v) is 2.86. The highest BCUT2D eigenvalue weighted by Crippen LogP contribution is 2.36. The highest BCUT2D eigenvalue weighted by Gasteiger charge is 2.34. The van der Waals surface area contributed by atoms with Gasteiger partial charge in [0.15, 0.2) is 11.2 Å². The van der Waals surface area contributed by atoms with Crippen molar-refractivity contribution in [1.82, 2.24) is 0 Å². The van der Waals surface area contributed by atoms with Crippen LogP contribution in [0.1, 0.15) is 35.9 Å². The van der Waals surface area contributed by atoms with E-state index in [0.717, 1.165) is 5.56 Å². The minimum Gasteiger partial charge on any atom is -0.500 e. The van der Waals surface area contributed by atoms with Crippen LogP contribution in [-0.4, -0.2) is 12.9 Å². The summed E-state index contributed by atoms with van der Waals surface area (Å²) in [5.41, 5.74) is 1.06. The molecule has 4 nitrogen and oxygen atoms in total. The third kappa shape index (κ3) is 2.08. The van der Waals surface area contributed by atoms with Crippen LogP contribution in [0.4, 0.5) is 0 Å². The van der Waals surface area contributed by atoms with Crippen molar-refractivity contribution in [2.75, 3.05) is 7.11 Å². The zero-order chi connectivity index (χ0) is 15.9. The number of rotatable bonds is 2. The topological polar surface area (TPSA) is 56.5 Å². The number of hydrogen-bond donors (Lipinski definition) is 0. The first-order valence-electron chi connectivity index (χ1n) is 7.07.